The summed E-state index contributed by atoms with van der Waals surface area (Å²) in [5, 5.41) is 1.19. The summed E-state index contributed by atoms with van der Waals surface area (Å²) < 4.78 is 35.1. The molecular formula is C17H22O4S. The zero-order valence-electron chi connectivity index (χ0n) is 13.0. The molecule has 0 aromatic heterocycles. The normalized spacial score (nSPS) is 12.8. The van der Waals surface area contributed by atoms with Crippen LogP contribution >= 0.6 is 0 Å². The van der Waals surface area contributed by atoms with E-state index in [1.54, 1.807) is 43.3 Å². The van der Waals surface area contributed by atoms with Crippen LogP contribution in [0.25, 0.3) is 0 Å². The average molecular weight is 322 g/mol. The molecule has 0 aliphatic heterocycles. The van der Waals surface area contributed by atoms with Crippen LogP contribution in [0.5, 0.6) is 0 Å². The molecule has 0 aliphatic carbocycles. The Balaban J connectivity index is 2.74. The van der Waals surface area contributed by atoms with Gasteiger partial charge in [-0.05, 0) is 38.5 Å². The molecule has 0 radical (unpaired) electrons. The third kappa shape index (κ3) is 6.90. The molecule has 5 heteroatoms. The minimum Gasteiger partial charge on any atom is -0.356 e. The van der Waals surface area contributed by atoms with Gasteiger partial charge in [-0.1, -0.05) is 18.2 Å². The lowest BCUT2D eigenvalue weighted by molar-refractivity contribution is -0.0729. The van der Waals surface area contributed by atoms with E-state index in [0.29, 0.717) is 19.4 Å². The molecule has 4 nitrogen and oxygen atoms in total. The highest BCUT2D eigenvalue weighted by Crippen LogP contribution is 2.13. The van der Waals surface area contributed by atoms with Crippen molar-refractivity contribution >= 4 is 9.84 Å². The summed E-state index contributed by atoms with van der Waals surface area (Å²) in [7, 11) is -3.45. The van der Waals surface area contributed by atoms with E-state index in [2.05, 4.69) is 11.8 Å². The van der Waals surface area contributed by atoms with Crippen molar-refractivity contribution in [2.75, 3.05) is 13.4 Å². The van der Waals surface area contributed by atoms with E-state index in [-0.39, 0.29) is 17.8 Å². The first-order chi connectivity index (χ1) is 10.6. The van der Waals surface area contributed by atoms with Crippen LogP contribution in [0.3, 0.4) is 0 Å². The van der Waals surface area contributed by atoms with Crippen LogP contribution < -0.4 is 0 Å². The first kappa shape index (κ1) is 18.4. The molecule has 0 amide bonds. The molecule has 0 fully saturated rings. The highest BCUT2D eigenvalue weighted by atomic mass is 32.2. The third-order valence-electron chi connectivity index (χ3n) is 2.84. The maximum absolute atomic E-state index is 12.2. The van der Waals surface area contributed by atoms with Gasteiger partial charge in [-0.15, -0.1) is 11.8 Å². The minimum atomic E-state index is -3.45. The van der Waals surface area contributed by atoms with Crippen molar-refractivity contribution < 1.29 is 17.9 Å². The summed E-state index contributed by atoms with van der Waals surface area (Å²) in [6, 6.07) is 8.30. The number of sulfone groups is 1. The zero-order chi connectivity index (χ0) is 16.3. The van der Waals surface area contributed by atoms with E-state index in [4.69, 9.17) is 9.47 Å². The number of rotatable bonds is 9. The number of hydrogen-bond acceptors (Lipinski definition) is 4. The molecule has 120 valence electrons. The van der Waals surface area contributed by atoms with Gasteiger partial charge in [0.25, 0.3) is 0 Å². The van der Waals surface area contributed by atoms with Gasteiger partial charge in [-0.3, -0.25) is 0 Å². The number of ether oxygens (including phenoxy) is 2. The zero-order valence-corrected chi connectivity index (χ0v) is 13.8. The molecular weight excluding hydrogens is 300 g/mol. The van der Waals surface area contributed by atoms with Gasteiger partial charge < -0.3 is 9.47 Å². The molecule has 1 rings (SSSR count). The number of hydrogen-bond donors (Lipinski definition) is 0. The second kappa shape index (κ2) is 10.2. The lowest BCUT2D eigenvalue weighted by atomic mass is 10.2. The standard InChI is InChI=1S/C17H22O4S/c1-3-5-7-10-16(21-15-20-4-2)13-14-22(18,19)17-11-8-6-9-12-17/h6,8-9,11-14,16H,4,7,10,15H2,1-2H3/b14-13+. The Labute approximate surface area is 133 Å². The maximum Gasteiger partial charge on any atom is 0.199 e. The van der Waals surface area contributed by atoms with Crippen molar-refractivity contribution in [2.45, 2.75) is 37.7 Å². The lowest BCUT2D eigenvalue weighted by Gasteiger charge is -2.12. The van der Waals surface area contributed by atoms with Crippen molar-refractivity contribution in [3.05, 3.63) is 41.8 Å². The molecule has 0 aliphatic rings. The largest absolute Gasteiger partial charge is 0.356 e. The maximum atomic E-state index is 12.2. The van der Waals surface area contributed by atoms with E-state index in [9.17, 15) is 8.42 Å². The van der Waals surface area contributed by atoms with Gasteiger partial charge in [0.15, 0.2) is 9.84 Å². The Morgan fingerprint density at radius 3 is 2.64 bits per heavy atom. The Bertz CT molecular complexity index is 609. The van der Waals surface area contributed by atoms with E-state index in [1.807, 2.05) is 6.92 Å². The monoisotopic (exact) mass is 322 g/mol. The first-order valence-electron chi connectivity index (χ1n) is 7.17. The van der Waals surface area contributed by atoms with Crippen molar-refractivity contribution in [1.29, 1.82) is 0 Å². The Hall–Kier alpha value is -1.61. The highest BCUT2D eigenvalue weighted by Gasteiger charge is 2.11. The van der Waals surface area contributed by atoms with Gasteiger partial charge in [0.1, 0.15) is 6.79 Å². The lowest BCUT2D eigenvalue weighted by Crippen LogP contribution is -2.13. The first-order valence-corrected chi connectivity index (χ1v) is 8.72. The van der Waals surface area contributed by atoms with Gasteiger partial charge in [0, 0.05) is 18.4 Å². The quantitative estimate of drug-likeness (QED) is 0.398. The predicted octanol–water partition coefficient (Wildman–Crippen LogP) is 3.16. The summed E-state index contributed by atoms with van der Waals surface area (Å²) >= 11 is 0. The molecule has 0 spiro atoms. The minimum absolute atomic E-state index is 0.135. The summed E-state index contributed by atoms with van der Waals surface area (Å²) in [4.78, 5) is 0.267. The Morgan fingerprint density at radius 1 is 1.27 bits per heavy atom. The smallest absolute Gasteiger partial charge is 0.199 e. The summed E-state index contributed by atoms with van der Waals surface area (Å²) in [5.41, 5.74) is 0. The SMILES string of the molecule is CC#CCCC(/C=C/S(=O)(=O)c1ccccc1)OCOCC. The molecule has 0 saturated heterocycles. The van der Waals surface area contributed by atoms with Crippen molar-refractivity contribution in [2.24, 2.45) is 0 Å². The third-order valence-corrected chi connectivity index (χ3v) is 4.29. The molecule has 1 aromatic rings. The van der Waals surface area contributed by atoms with Crippen LogP contribution in [0.2, 0.25) is 0 Å². The summed E-state index contributed by atoms with van der Waals surface area (Å²) in [6.45, 7) is 4.33. The van der Waals surface area contributed by atoms with Crippen LogP contribution in [0.4, 0.5) is 0 Å². The molecule has 1 atom stereocenters. The highest BCUT2D eigenvalue weighted by molar-refractivity contribution is 7.94. The fraction of sp³-hybridized carbons (Fsp3) is 0.412. The predicted molar refractivity (Wildman–Crippen MR) is 86.8 cm³/mol. The van der Waals surface area contributed by atoms with Crippen molar-refractivity contribution in [1.82, 2.24) is 0 Å². The molecule has 0 saturated carbocycles. The van der Waals surface area contributed by atoms with Gasteiger partial charge in [-0.25, -0.2) is 8.42 Å². The molecule has 22 heavy (non-hydrogen) atoms. The second-order valence-electron chi connectivity index (χ2n) is 4.47. The van der Waals surface area contributed by atoms with Gasteiger partial charge in [0.2, 0.25) is 0 Å². The van der Waals surface area contributed by atoms with Crippen molar-refractivity contribution in [3.8, 4) is 11.8 Å². The topological polar surface area (TPSA) is 52.6 Å². The average Bonchev–Trinajstić information content (AvgIpc) is 2.53. The second-order valence-corrected chi connectivity index (χ2v) is 6.30. The Morgan fingerprint density at radius 2 is 2.00 bits per heavy atom. The fourth-order valence-electron chi connectivity index (χ4n) is 1.67. The van der Waals surface area contributed by atoms with Crippen LogP contribution in [0, 0.1) is 11.8 Å². The molecule has 0 N–H and O–H groups in total. The summed E-state index contributed by atoms with van der Waals surface area (Å²) in [6.07, 6.45) is 2.47. The van der Waals surface area contributed by atoms with E-state index in [1.165, 1.54) is 5.41 Å². The molecule has 0 heterocycles. The van der Waals surface area contributed by atoms with Crippen LogP contribution in [0.15, 0.2) is 46.7 Å². The molecule has 1 unspecified atom stereocenters. The molecule has 0 bridgehead atoms. The van der Waals surface area contributed by atoms with E-state index in [0.717, 1.165) is 0 Å². The number of benzene rings is 1. The van der Waals surface area contributed by atoms with Crippen LogP contribution in [0.1, 0.15) is 26.7 Å². The fourth-order valence-corrected chi connectivity index (χ4v) is 2.75. The van der Waals surface area contributed by atoms with Gasteiger partial charge in [0.05, 0.1) is 11.0 Å². The van der Waals surface area contributed by atoms with Crippen LogP contribution in [-0.2, 0) is 19.3 Å². The molecule has 1 aromatic carbocycles. The Kier molecular flexibility index (Phi) is 8.53. The van der Waals surface area contributed by atoms with E-state index < -0.39 is 9.84 Å². The van der Waals surface area contributed by atoms with Crippen LogP contribution in [-0.4, -0.2) is 27.9 Å². The van der Waals surface area contributed by atoms with Gasteiger partial charge in [-0.2, -0.15) is 0 Å². The van der Waals surface area contributed by atoms with Gasteiger partial charge >= 0.3 is 0 Å². The summed E-state index contributed by atoms with van der Waals surface area (Å²) in [5.74, 6) is 5.75. The van der Waals surface area contributed by atoms with Crippen molar-refractivity contribution in [3.63, 3.8) is 0 Å². The van der Waals surface area contributed by atoms with E-state index >= 15 is 0 Å².